The van der Waals surface area contributed by atoms with Gasteiger partial charge in [-0.05, 0) is 55.8 Å². The molecule has 0 aliphatic carbocycles. The molecule has 0 saturated carbocycles. The predicted octanol–water partition coefficient (Wildman–Crippen LogP) is 4.24. The molecule has 0 bridgehead atoms. The van der Waals surface area contributed by atoms with Crippen molar-refractivity contribution in [2.24, 2.45) is 5.92 Å². The van der Waals surface area contributed by atoms with E-state index >= 15 is 0 Å². The minimum atomic E-state index is -0.719. The molecule has 3 rings (SSSR count). The highest BCUT2D eigenvalue weighted by molar-refractivity contribution is 6.30. The van der Waals surface area contributed by atoms with Gasteiger partial charge in [0.25, 0.3) is 0 Å². The quantitative estimate of drug-likeness (QED) is 0.800. The third kappa shape index (κ3) is 4.20. The number of piperidine rings is 1. The van der Waals surface area contributed by atoms with Gasteiger partial charge in [0, 0.05) is 5.02 Å². The Kier molecular flexibility index (Phi) is 6.24. The molecule has 1 saturated heterocycles. The number of nitrogens with zero attached hydrogens (tertiary/aromatic N) is 1. The van der Waals surface area contributed by atoms with E-state index in [1.807, 2.05) is 42.5 Å². The Hall–Kier alpha value is -2.24. The average molecular weight is 390 g/mol. The number of benzene rings is 2. The van der Waals surface area contributed by atoms with Gasteiger partial charge >= 0.3 is 5.97 Å². The van der Waals surface area contributed by atoms with Gasteiger partial charge in [-0.2, -0.15) is 0 Å². The van der Waals surface area contributed by atoms with E-state index < -0.39 is 5.97 Å². The summed E-state index contributed by atoms with van der Waals surface area (Å²) < 4.78 is 11.3. The number of aliphatic carboxylic acids is 1. The van der Waals surface area contributed by atoms with Crippen LogP contribution in [-0.4, -0.2) is 43.3 Å². The Bertz CT molecular complexity index is 780. The molecule has 0 amide bonds. The van der Waals surface area contributed by atoms with Crippen LogP contribution >= 0.6 is 11.6 Å². The lowest BCUT2D eigenvalue weighted by molar-refractivity contribution is -0.143. The van der Waals surface area contributed by atoms with Crippen molar-refractivity contribution in [1.29, 1.82) is 0 Å². The first kappa shape index (κ1) is 19.5. The standard InChI is InChI=1S/C21H24ClNO4/c1-26-17-7-4-8-18(27-2)19(17)20(15-5-3-6-16(22)13-15)23-11-9-14(10-12-23)21(24)25/h3-8,13-14,20H,9-12H2,1-2H3,(H,24,25). The highest BCUT2D eigenvalue weighted by Crippen LogP contribution is 2.42. The average Bonchev–Trinajstić information content (AvgIpc) is 2.68. The Morgan fingerprint density at radius 3 is 2.22 bits per heavy atom. The normalized spacial score (nSPS) is 16.7. The molecule has 5 nitrogen and oxygen atoms in total. The van der Waals surface area contributed by atoms with Crippen LogP contribution in [0.3, 0.4) is 0 Å². The van der Waals surface area contributed by atoms with E-state index in [4.69, 9.17) is 21.1 Å². The molecule has 1 unspecified atom stereocenters. The lowest BCUT2D eigenvalue weighted by atomic mass is 9.90. The van der Waals surface area contributed by atoms with Crippen LogP contribution in [0.5, 0.6) is 11.5 Å². The van der Waals surface area contributed by atoms with Crippen LogP contribution < -0.4 is 9.47 Å². The summed E-state index contributed by atoms with van der Waals surface area (Å²) in [5.74, 6) is 0.462. The third-order valence-electron chi connectivity index (χ3n) is 5.15. The number of hydrogen-bond donors (Lipinski definition) is 1. The summed E-state index contributed by atoms with van der Waals surface area (Å²) in [5.41, 5.74) is 1.96. The second-order valence-corrected chi connectivity index (χ2v) is 7.12. The summed E-state index contributed by atoms with van der Waals surface area (Å²) in [6.07, 6.45) is 1.23. The van der Waals surface area contributed by atoms with Crippen molar-refractivity contribution in [2.45, 2.75) is 18.9 Å². The fourth-order valence-corrected chi connectivity index (χ4v) is 3.99. The van der Waals surface area contributed by atoms with Crippen molar-refractivity contribution >= 4 is 17.6 Å². The number of carbonyl (C=O) groups is 1. The molecule has 0 spiro atoms. The third-order valence-corrected chi connectivity index (χ3v) is 5.38. The molecule has 1 aliphatic heterocycles. The van der Waals surface area contributed by atoms with Gasteiger partial charge in [-0.15, -0.1) is 0 Å². The first-order chi connectivity index (χ1) is 13.0. The molecule has 0 radical (unpaired) electrons. The summed E-state index contributed by atoms with van der Waals surface area (Å²) >= 11 is 6.27. The van der Waals surface area contributed by atoms with Crippen LogP contribution in [0, 0.1) is 5.92 Å². The molecule has 144 valence electrons. The zero-order valence-corrected chi connectivity index (χ0v) is 16.3. The molecule has 6 heteroatoms. The number of rotatable bonds is 6. The van der Waals surface area contributed by atoms with E-state index in [9.17, 15) is 9.90 Å². The molecule has 2 aromatic rings. The second-order valence-electron chi connectivity index (χ2n) is 6.68. The van der Waals surface area contributed by atoms with Crippen LogP contribution in [0.1, 0.15) is 30.0 Å². The number of hydrogen-bond acceptors (Lipinski definition) is 4. The maximum absolute atomic E-state index is 11.3. The van der Waals surface area contributed by atoms with Crippen molar-refractivity contribution in [3.63, 3.8) is 0 Å². The number of halogens is 1. The summed E-state index contributed by atoms with van der Waals surface area (Å²) in [4.78, 5) is 13.6. The first-order valence-corrected chi connectivity index (χ1v) is 9.36. The lowest BCUT2D eigenvalue weighted by Crippen LogP contribution is -2.39. The van der Waals surface area contributed by atoms with E-state index in [1.54, 1.807) is 14.2 Å². The van der Waals surface area contributed by atoms with Crippen LogP contribution in [0.25, 0.3) is 0 Å². The number of carboxylic acids is 1. The summed E-state index contributed by atoms with van der Waals surface area (Å²) in [7, 11) is 3.29. The minimum absolute atomic E-state index is 0.135. The largest absolute Gasteiger partial charge is 0.496 e. The molecule has 1 atom stereocenters. The monoisotopic (exact) mass is 389 g/mol. The predicted molar refractivity (Wildman–Crippen MR) is 105 cm³/mol. The Morgan fingerprint density at radius 2 is 1.70 bits per heavy atom. The Labute approximate surface area is 164 Å². The van der Waals surface area contributed by atoms with Crippen LogP contribution in [-0.2, 0) is 4.79 Å². The number of carboxylic acid groups (broad SMARTS) is 1. The van der Waals surface area contributed by atoms with Gasteiger partial charge in [0.1, 0.15) is 11.5 Å². The molecule has 1 N–H and O–H groups in total. The molecule has 27 heavy (non-hydrogen) atoms. The highest BCUT2D eigenvalue weighted by atomic mass is 35.5. The summed E-state index contributed by atoms with van der Waals surface area (Å²) in [6, 6.07) is 13.3. The molecule has 0 aromatic heterocycles. The van der Waals surface area contributed by atoms with Crippen molar-refractivity contribution in [3.8, 4) is 11.5 Å². The van der Waals surface area contributed by atoms with Gasteiger partial charge in [-0.3, -0.25) is 9.69 Å². The van der Waals surface area contributed by atoms with Crippen LogP contribution in [0.4, 0.5) is 0 Å². The van der Waals surface area contributed by atoms with Crippen molar-refractivity contribution in [3.05, 3.63) is 58.6 Å². The van der Waals surface area contributed by atoms with Gasteiger partial charge in [-0.25, -0.2) is 0 Å². The highest BCUT2D eigenvalue weighted by Gasteiger charge is 2.33. The van der Waals surface area contributed by atoms with Crippen molar-refractivity contribution in [1.82, 2.24) is 4.90 Å². The second kappa shape index (κ2) is 8.63. The zero-order chi connectivity index (χ0) is 19.4. The van der Waals surface area contributed by atoms with Crippen molar-refractivity contribution < 1.29 is 19.4 Å². The van der Waals surface area contributed by atoms with E-state index in [0.717, 1.165) is 22.6 Å². The summed E-state index contributed by atoms with van der Waals surface area (Å²) in [5, 5.41) is 9.98. The minimum Gasteiger partial charge on any atom is -0.496 e. The van der Waals surface area contributed by atoms with Gasteiger partial charge in [0.2, 0.25) is 0 Å². The molecule has 1 aliphatic rings. The van der Waals surface area contributed by atoms with Gasteiger partial charge in [-0.1, -0.05) is 29.8 Å². The lowest BCUT2D eigenvalue weighted by Gasteiger charge is -2.38. The Morgan fingerprint density at radius 1 is 1.11 bits per heavy atom. The van der Waals surface area contributed by atoms with Gasteiger partial charge in [0.15, 0.2) is 0 Å². The van der Waals surface area contributed by atoms with E-state index in [1.165, 1.54) is 0 Å². The fraction of sp³-hybridized carbons (Fsp3) is 0.381. The Balaban J connectivity index is 2.06. The molecule has 2 aromatic carbocycles. The van der Waals surface area contributed by atoms with Crippen LogP contribution in [0.15, 0.2) is 42.5 Å². The summed E-state index contributed by atoms with van der Waals surface area (Å²) in [6.45, 7) is 1.35. The number of likely N-dealkylation sites (tertiary alicyclic amines) is 1. The van der Waals surface area contributed by atoms with Gasteiger partial charge in [0.05, 0.1) is 31.7 Å². The molecule has 1 fully saturated rings. The smallest absolute Gasteiger partial charge is 0.306 e. The number of ether oxygens (including phenoxy) is 2. The van der Waals surface area contributed by atoms with Gasteiger partial charge < -0.3 is 14.6 Å². The van der Waals surface area contributed by atoms with Crippen LogP contribution in [0.2, 0.25) is 5.02 Å². The molecule has 1 heterocycles. The fourth-order valence-electron chi connectivity index (χ4n) is 3.79. The SMILES string of the molecule is COc1cccc(OC)c1C(c1cccc(Cl)c1)N1CCC(C(=O)O)CC1. The zero-order valence-electron chi connectivity index (χ0n) is 15.5. The maximum Gasteiger partial charge on any atom is 0.306 e. The first-order valence-electron chi connectivity index (χ1n) is 8.98. The molecular weight excluding hydrogens is 366 g/mol. The van der Waals surface area contributed by atoms with Crippen molar-refractivity contribution in [2.75, 3.05) is 27.3 Å². The maximum atomic E-state index is 11.3. The topological polar surface area (TPSA) is 59.0 Å². The van der Waals surface area contributed by atoms with E-state index in [-0.39, 0.29) is 12.0 Å². The number of methoxy groups -OCH3 is 2. The van der Waals surface area contributed by atoms with E-state index in [0.29, 0.717) is 31.0 Å². The molecular formula is C21H24ClNO4. The van der Waals surface area contributed by atoms with E-state index in [2.05, 4.69) is 4.90 Å².